The molecule has 1 amide bonds. The van der Waals surface area contributed by atoms with Crippen LogP contribution in [0.4, 0.5) is 5.69 Å². The van der Waals surface area contributed by atoms with Crippen molar-refractivity contribution in [1.82, 2.24) is 9.59 Å². The number of nitrogens with zero attached hydrogens (tertiary/aromatic N) is 2. The number of anilines is 1. The van der Waals surface area contributed by atoms with Crippen LogP contribution in [0.1, 0.15) is 16.1 Å². The van der Waals surface area contributed by atoms with E-state index in [-0.39, 0.29) is 5.91 Å². The van der Waals surface area contributed by atoms with Crippen LogP contribution in [0.25, 0.3) is 10.4 Å². The summed E-state index contributed by atoms with van der Waals surface area (Å²) in [6.45, 7) is 1.95. The minimum atomic E-state index is -0.304. The van der Waals surface area contributed by atoms with Gasteiger partial charge >= 0.3 is 0 Å². The number of aryl methyl sites for hydroxylation is 1. The molecule has 0 saturated heterocycles. The summed E-state index contributed by atoms with van der Waals surface area (Å²) < 4.78 is 9.21. The maximum absolute atomic E-state index is 12.6. The molecule has 0 bridgehead atoms. The lowest BCUT2D eigenvalue weighted by atomic mass is 10.1. The highest BCUT2D eigenvalue weighted by Gasteiger charge is 2.19. The fraction of sp³-hybridized carbons (Fsp3) is 0.118. The second kappa shape index (κ2) is 6.58. The predicted molar refractivity (Wildman–Crippen MR) is 91.0 cm³/mol. The predicted octanol–water partition coefficient (Wildman–Crippen LogP) is 3.77. The minimum Gasteiger partial charge on any atom is -0.495 e. The molecule has 116 valence electrons. The monoisotopic (exact) mass is 325 g/mol. The first-order valence-corrected chi connectivity index (χ1v) is 7.80. The second-order valence-electron chi connectivity index (χ2n) is 4.97. The van der Waals surface area contributed by atoms with Crippen molar-refractivity contribution in [3.63, 3.8) is 0 Å². The Hall–Kier alpha value is -2.73. The summed E-state index contributed by atoms with van der Waals surface area (Å²) in [5.41, 5.74) is 2.87. The largest absolute Gasteiger partial charge is 0.495 e. The zero-order valence-electron chi connectivity index (χ0n) is 12.7. The van der Waals surface area contributed by atoms with Crippen molar-refractivity contribution in [1.29, 1.82) is 0 Å². The number of rotatable bonds is 4. The van der Waals surface area contributed by atoms with Crippen LogP contribution in [0.15, 0.2) is 48.5 Å². The molecule has 0 spiro atoms. The van der Waals surface area contributed by atoms with Crippen LogP contribution >= 0.6 is 11.5 Å². The van der Waals surface area contributed by atoms with Crippen LogP contribution in [-0.2, 0) is 0 Å². The highest BCUT2D eigenvalue weighted by atomic mass is 32.1. The standard InChI is InChI=1S/C17H15N3O2S/c1-11-8-9-14(22-2)13(10-11)18-17(21)15-16(23-20-19-15)12-6-4-3-5-7-12/h3-10H,1-2H3,(H,18,21). The van der Waals surface area contributed by atoms with Gasteiger partial charge in [0.2, 0.25) is 0 Å². The van der Waals surface area contributed by atoms with Crippen molar-refractivity contribution in [3.8, 4) is 16.2 Å². The minimum absolute atomic E-state index is 0.304. The summed E-state index contributed by atoms with van der Waals surface area (Å²) in [6, 6.07) is 15.2. The number of benzene rings is 2. The van der Waals surface area contributed by atoms with E-state index < -0.39 is 0 Å². The number of carbonyl (C=O) groups is 1. The lowest BCUT2D eigenvalue weighted by molar-refractivity contribution is 0.102. The number of ether oxygens (including phenoxy) is 1. The number of amides is 1. The molecular weight excluding hydrogens is 310 g/mol. The van der Waals surface area contributed by atoms with E-state index in [2.05, 4.69) is 14.9 Å². The van der Waals surface area contributed by atoms with Crippen molar-refractivity contribution in [2.75, 3.05) is 12.4 Å². The molecule has 0 fully saturated rings. The Kier molecular flexibility index (Phi) is 4.34. The number of hydrogen-bond donors (Lipinski definition) is 1. The molecule has 0 saturated carbocycles. The summed E-state index contributed by atoms with van der Waals surface area (Å²) in [6.07, 6.45) is 0. The molecule has 1 heterocycles. The Morgan fingerprint density at radius 3 is 2.70 bits per heavy atom. The number of methoxy groups -OCH3 is 1. The van der Waals surface area contributed by atoms with E-state index in [0.717, 1.165) is 16.0 Å². The number of nitrogens with one attached hydrogen (secondary N) is 1. The summed E-state index contributed by atoms with van der Waals surface area (Å²) in [4.78, 5) is 13.3. The first kappa shape index (κ1) is 15.2. The molecule has 0 atom stereocenters. The molecular formula is C17H15N3O2S. The highest BCUT2D eigenvalue weighted by Crippen LogP contribution is 2.29. The van der Waals surface area contributed by atoms with E-state index in [1.807, 2.05) is 55.5 Å². The molecule has 23 heavy (non-hydrogen) atoms. The Balaban J connectivity index is 1.91. The number of aromatic nitrogens is 2. The van der Waals surface area contributed by atoms with Crippen LogP contribution < -0.4 is 10.1 Å². The van der Waals surface area contributed by atoms with E-state index >= 15 is 0 Å². The average molecular weight is 325 g/mol. The van der Waals surface area contributed by atoms with Crippen molar-refractivity contribution in [3.05, 3.63) is 59.8 Å². The Morgan fingerprint density at radius 1 is 1.17 bits per heavy atom. The molecule has 0 radical (unpaired) electrons. The van der Waals surface area contributed by atoms with Gasteiger partial charge in [-0.05, 0) is 41.7 Å². The van der Waals surface area contributed by atoms with Crippen LogP contribution in [0.3, 0.4) is 0 Å². The lowest BCUT2D eigenvalue weighted by Crippen LogP contribution is -2.14. The topological polar surface area (TPSA) is 64.1 Å². The quantitative estimate of drug-likeness (QED) is 0.793. The van der Waals surface area contributed by atoms with Crippen LogP contribution in [0.2, 0.25) is 0 Å². The molecule has 0 aliphatic carbocycles. The summed E-state index contributed by atoms with van der Waals surface area (Å²) in [7, 11) is 1.57. The molecule has 6 heteroatoms. The first-order valence-electron chi connectivity index (χ1n) is 7.03. The zero-order chi connectivity index (χ0) is 16.2. The van der Waals surface area contributed by atoms with Crippen molar-refractivity contribution in [2.24, 2.45) is 0 Å². The molecule has 3 rings (SSSR count). The fourth-order valence-electron chi connectivity index (χ4n) is 2.22. The Labute approximate surface area is 138 Å². The van der Waals surface area contributed by atoms with Crippen LogP contribution in [-0.4, -0.2) is 22.6 Å². The molecule has 1 N–H and O–H groups in total. The summed E-state index contributed by atoms with van der Waals surface area (Å²) >= 11 is 1.20. The van der Waals surface area contributed by atoms with Crippen LogP contribution in [0.5, 0.6) is 5.75 Å². The maximum Gasteiger partial charge on any atom is 0.277 e. The summed E-state index contributed by atoms with van der Waals surface area (Å²) in [5.74, 6) is 0.301. The molecule has 0 aliphatic heterocycles. The van der Waals surface area contributed by atoms with Crippen molar-refractivity contribution >= 4 is 23.1 Å². The lowest BCUT2D eigenvalue weighted by Gasteiger charge is -2.10. The Morgan fingerprint density at radius 2 is 1.96 bits per heavy atom. The zero-order valence-corrected chi connectivity index (χ0v) is 13.6. The summed E-state index contributed by atoms with van der Waals surface area (Å²) in [5, 5.41) is 6.84. The van der Waals surface area contributed by atoms with E-state index in [1.54, 1.807) is 7.11 Å². The second-order valence-corrected chi connectivity index (χ2v) is 5.73. The molecule has 5 nitrogen and oxygen atoms in total. The molecule has 0 unspecified atom stereocenters. The third-order valence-electron chi connectivity index (χ3n) is 3.34. The van der Waals surface area contributed by atoms with Crippen molar-refractivity contribution < 1.29 is 9.53 Å². The van der Waals surface area contributed by atoms with Gasteiger partial charge < -0.3 is 10.1 Å². The smallest absolute Gasteiger partial charge is 0.277 e. The number of hydrogen-bond acceptors (Lipinski definition) is 5. The van der Waals surface area contributed by atoms with E-state index in [9.17, 15) is 4.79 Å². The number of carbonyl (C=O) groups excluding carboxylic acids is 1. The van der Waals surface area contributed by atoms with Gasteiger partial charge in [-0.3, -0.25) is 4.79 Å². The molecule has 2 aromatic carbocycles. The van der Waals surface area contributed by atoms with Gasteiger partial charge in [-0.1, -0.05) is 40.9 Å². The van der Waals surface area contributed by atoms with Gasteiger partial charge in [0.05, 0.1) is 17.7 Å². The SMILES string of the molecule is COc1ccc(C)cc1NC(=O)c1nnsc1-c1ccccc1. The van der Waals surface area contributed by atoms with Gasteiger partial charge in [0, 0.05) is 0 Å². The van der Waals surface area contributed by atoms with E-state index in [4.69, 9.17) is 4.74 Å². The van der Waals surface area contributed by atoms with Gasteiger partial charge in [0.1, 0.15) is 5.75 Å². The van der Waals surface area contributed by atoms with Gasteiger partial charge in [0.15, 0.2) is 5.69 Å². The maximum atomic E-state index is 12.6. The normalized spacial score (nSPS) is 10.3. The molecule has 1 aromatic heterocycles. The van der Waals surface area contributed by atoms with Gasteiger partial charge in [-0.25, -0.2) is 0 Å². The van der Waals surface area contributed by atoms with Gasteiger partial charge in [-0.2, -0.15) is 0 Å². The Bertz CT molecular complexity index is 831. The average Bonchev–Trinajstić information content (AvgIpc) is 3.05. The van der Waals surface area contributed by atoms with Crippen molar-refractivity contribution in [2.45, 2.75) is 6.92 Å². The molecule has 3 aromatic rings. The highest BCUT2D eigenvalue weighted by molar-refractivity contribution is 7.09. The van der Waals surface area contributed by atoms with Crippen LogP contribution in [0, 0.1) is 6.92 Å². The van der Waals surface area contributed by atoms with E-state index in [0.29, 0.717) is 17.1 Å². The fourth-order valence-corrected chi connectivity index (χ4v) is 2.88. The van der Waals surface area contributed by atoms with E-state index in [1.165, 1.54) is 11.5 Å². The van der Waals surface area contributed by atoms with Gasteiger partial charge in [0.25, 0.3) is 5.91 Å². The third kappa shape index (κ3) is 3.22. The third-order valence-corrected chi connectivity index (χ3v) is 4.12. The first-order chi connectivity index (χ1) is 11.2. The molecule has 0 aliphatic rings. The van der Waals surface area contributed by atoms with Gasteiger partial charge in [-0.15, -0.1) is 5.10 Å².